The largest absolute Gasteiger partial charge is 0.497 e. The SMILES string of the molecule is COc1ccc(C=CCN2CCN3CCN(C)CC3C2)cc1. The first kappa shape index (κ1) is 15.5. The lowest BCUT2D eigenvalue weighted by molar-refractivity contribution is 0.0246. The van der Waals surface area contributed by atoms with Gasteiger partial charge in [-0.3, -0.25) is 9.80 Å². The Kier molecular flexibility index (Phi) is 5.13. The molecule has 2 fully saturated rings. The van der Waals surface area contributed by atoms with E-state index in [1.165, 1.54) is 44.8 Å². The lowest BCUT2D eigenvalue weighted by Gasteiger charge is -2.46. The smallest absolute Gasteiger partial charge is 0.118 e. The average molecular weight is 301 g/mol. The fourth-order valence-corrected chi connectivity index (χ4v) is 3.39. The molecule has 0 aliphatic carbocycles. The first-order valence-corrected chi connectivity index (χ1v) is 8.20. The molecule has 4 heteroatoms. The van der Waals surface area contributed by atoms with Gasteiger partial charge in [0.2, 0.25) is 0 Å². The molecule has 0 spiro atoms. The van der Waals surface area contributed by atoms with Crippen LogP contribution in [0.5, 0.6) is 5.75 Å². The Labute approximate surface area is 134 Å². The van der Waals surface area contributed by atoms with E-state index in [0.717, 1.165) is 12.3 Å². The van der Waals surface area contributed by atoms with Crippen molar-refractivity contribution < 1.29 is 4.74 Å². The fraction of sp³-hybridized carbons (Fsp3) is 0.556. The molecule has 0 radical (unpaired) electrons. The summed E-state index contributed by atoms with van der Waals surface area (Å²) in [6, 6.07) is 8.93. The second-order valence-corrected chi connectivity index (χ2v) is 6.39. The molecule has 0 N–H and O–H groups in total. The highest BCUT2D eigenvalue weighted by Gasteiger charge is 2.30. The molecular formula is C18H27N3O. The maximum absolute atomic E-state index is 5.19. The normalized spacial score (nSPS) is 24.5. The summed E-state index contributed by atoms with van der Waals surface area (Å²) < 4.78 is 5.19. The lowest BCUT2D eigenvalue weighted by atomic mass is 10.1. The summed E-state index contributed by atoms with van der Waals surface area (Å²) in [5, 5.41) is 0. The molecule has 0 bridgehead atoms. The minimum Gasteiger partial charge on any atom is -0.497 e. The first-order valence-electron chi connectivity index (χ1n) is 8.20. The van der Waals surface area contributed by atoms with E-state index in [1.807, 2.05) is 12.1 Å². The number of fused-ring (bicyclic) bond motifs is 1. The van der Waals surface area contributed by atoms with Gasteiger partial charge in [0.05, 0.1) is 7.11 Å². The lowest BCUT2D eigenvalue weighted by Crippen LogP contribution is -2.61. The molecule has 1 aromatic rings. The van der Waals surface area contributed by atoms with Crippen molar-refractivity contribution in [2.75, 3.05) is 60.0 Å². The Balaban J connectivity index is 1.49. The predicted molar refractivity (Wildman–Crippen MR) is 91.3 cm³/mol. The van der Waals surface area contributed by atoms with Gasteiger partial charge in [-0.1, -0.05) is 24.3 Å². The van der Waals surface area contributed by atoms with E-state index >= 15 is 0 Å². The summed E-state index contributed by atoms with van der Waals surface area (Å²) >= 11 is 0. The molecule has 0 aromatic heterocycles. The van der Waals surface area contributed by atoms with Crippen molar-refractivity contribution in [3.63, 3.8) is 0 Å². The van der Waals surface area contributed by atoms with Crippen molar-refractivity contribution in [2.45, 2.75) is 6.04 Å². The van der Waals surface area contributed by atoms with Gasteiger partial charge in [-0.05, 0) is 24.7 Å². The molecular weight excluding hydrogens is 274 g/mol. The topological polar surface area (TPSA) is 19.0 Å². The zero-order chi connectivity index (χ0) is 15.4. The van der Waals surface area contributed by atoms with Gasteiger partial charge in [0.25, 0.3) is 0 Å². The molecule has 2 saturated heterocycles. The van der Waals surface area contributed by atoms with Crippen LogP contribution in [0.3, 0.4) is 0 Å². The molecule has 0 saturated carbocycles. The Morgan fingerprint density at radius 2 is 1.86 bits per heavy atom. The van der Waals surface area contributed by atoms with E-state index < -0.39 is 0 Å². The van der Waals surface area contributed by atoms with Gasteiger partial charge in [-0.2, -0.15) is 0 Å². The highest BCUT2D eigenvalue weighted by molar-refractivity contribution is 5.50. The number of hydrogen-bond acceptors (Lipinski definition) is 4. The second-order valence-electron chi connectivity index (χ2n) is 6.39. The third kappa shape index (κ3) is 3.88. The molecule has 4 nitrogen and oxygen atoms in total. The van der Waals surface area contributed by atoms with Crippen LogP contribution in [-0.2, 0) is 0 Å². The number of benzene rings is 1. The molecule has 120 valence electrons. The van der Waals surface area contributed by atoms with Gasteiger partial charge in [-0.15, -0.1) is 0 Å². The molecule has 22 heavy (non-hydrogen) atoms. The minimum atomic E-state index is 0.710. The third-order valence-corrected chi connectivity index (χ3v) is 4.77. The van der Waals surface area contributed by atoms with Crippen LogP contribution in [0.15, 0.2) is 30.3 Å². The fourth-order valence-electron chi connectivity index (χ4n) is 3.39. The highest BCUT2D eigenvalue weighted by atomic mass is 16.5. The Bertz CT molecular complexity index is 500. The van der Waals surface area contributed by atoms with Crippen LogP contribution in [0.2, 0.25) is 0 Å². The Hall–Kier alpha value is -1.36. The number of ether oxygens (including phenoxy) is 1. The molecule has 1 aromatic carbocycles. The number of rotatable bonds is 4. The van der Waals surface area contributed by atoms with E-state index in [-0.39, 0.29) is 0 Å². The van der Waals surface area contributed by atoms with Crippen LogP contribution in [0.25, 0.3) is 6.08 Å². The molecule has 0 amide bonds. The van der Waals surface area contributed by atoms with Gasteiger partial charge in [0.15, 0.2) is 0 Å². The van der Waals surface area contributed by atoms with Crippen molar-refractivity contribution >= 4 is 6.08 Å². The predicted octanol–water partition coefficient (Wildman–Crippen LogP) is 1.64. The van der Waals surface area contributed by atoms with Crippen LogP contribution in [0.1, 0.15) is 5.56 Å². The van der Waals surface area contributed by atoms with Crippen LogP contribution < -0.4 is 4.74 Å². The summed E-state index contributed by atoms with van der Waals surface area (Å²) in [6.45, 7) is 8.29. The van der Waals surface area contributed by atoms with Crippen molar-refractivity contribution in [2.24, 2.45) is 0 Å². The van der Waals surface area contributed by atoms with Gasteiger partial charge in [0, 0.05) is 51.9 Å². The van der Waals surface area contributed by atoms with E-state index in [2.05, 4.69) is 46.0 Å². The van der Waals surface area contributed by atoms with Crippen LogP contribution in [0, 0.1) is 0 Å². The molecule has 2 aliphatic heterocycles. The first-order chi connectivity index (χ1) is 10.7. The molecule has 2 heterocycles. The molecule has 3 rings (SSSR count). The summed E-state index contributed by atoms with van der Waals surface area (Å²) in [5.41, 5.74) is 1.23. The van der Waals surface area contributed by atoms with Crippen LogP contribution >= 0.6 is 0 Å². The van der Waals surface area contributed by atoms with Gasteiger partial charge >= 0.3 is 0 Å². The summed E-state index contributed by atoms with van der Waals surface area (Å²) in [6.07, 6.45) is 4.49. The Morgan fingerprint density at radius 3 is 2.64 bits per heavy atom. The third-order valence-electron chi connectivity index (χ3n) is 4.77. The van der Waals surface area contributed by atoms with Crippen molar-refractivity contribution in [3.8, 4) is 5.75 Å². The van der Waals surface area contributed by atoms with E-state index in [1.54, 1.807) is 7.11 Å². The van der Waals surface area contributed by atoms with Crippen molar-refractivity contribution in [1.82, 2.24) is 14.7 Å². The standard InChI is InChI=1S/C18H27N3O/c1-19-10-12-21-13-11-20(15-17(21)14-19)9-3-4-16-5-7-18(22-2)8-6-16/h3-8,17H,9-15H2,1-2H3. The zero-order valence-corrected chi connectivity index (χ0v) is 13.7. The summed E-state index contributed by atoms with van der Waals surface area (Å²) in [7, 11) is 3.94. The number of hydrogen-bond donors (Lipinski definition) is 0. The van der Waals surface area contributed by atoms with Crippen molar-refractivity contribution in [3.05, 3.63) is 35.9 Å². The van der Waals surface area contributed by atoms with Gasteiger partial charge in [-0.25, -0.2) is 0 Å². The maximum Gasteiger partial charge on any atom is 0.118 e. The van der Waals surface area contributed by atoms with Crippen molar-refractivity contribution in [1.29, 1.82) is 0 Å². The highest BCUT2D eigenvalue weighted by Crippen LogP contribution is 2.15. The monoisotopic (exact) mass is 301 g/mol. The van der Waals surface area contributed by atoms with Gasteiger partial charge in [0.1, 0.15) is 5.75 Å². The van der Waals surface area contributed by atoms with Crippen LogP contribution in [-0.4, -0.2) is 80.7 Å². The van der Waals surface area contributed by atoms with Gasteiger partial charge < -0.3 is 9.64 Å². The second kappa shape index (κ2) is 7.27. The van der Waals surface area contributed by atoms with E-state index in [0.29, 0.717) is 6.04 Å². The summed E-state index contributed by atoms with van der Waals surface area (Å²) in [5.74, 6) is 0.912. The van der Waals surface area contributed by atoms with Crippen LogP contribution in [0.4, 0.5) is 0 Å². The number of nitrogens with zero attached hydrogens (tertiary/aromatic N) is 3. The Morgan fingerprint density at radius 1 is 1.09 bits per heavy atom. The van der Waals surface area contributed by atoms with E-state index in [4.69, 9.17) is 4.74 Å². The summed E-state index contributed by atoms with van der Waals surface area (Å²) in [4.78, 5) is 7.68. The molecule has 2 aliphatic rings. The average Bonchev–Trinajstić information content (AvgIpc) is 2.55. The minimum absolute atomic E-state index is 0.710. The number of piperazine rings is 2. The zero-order valence-electron chi connectivity index (χ0n) is 13.7. The maximum atomic E-state index is 5.19. The van der Waals surface area contributed by atoms with E-state index in [9.17, 15) is 0 Å². The number of methoxy groups -OCH3 is 1. The quantitative estimate of drug-likeness (QED) is 0.841. The molecule has 1 atom stereocenters. The molecule has 1 unspecified atom stereocenters. The number of likely N-dealkylation sites (N-methyl/N-ethyl adjacent to an activating group) is 1.